The molecular formula is C12H12F2N4O. The lowest BCUT2D eigenvalue weighted by Crippen LogP contribution is -2.25. The van der Waals surface area contributed by atoms with Gasteiger partial charge in [0.05, 0.1) is 5.56 Å². The summed E-state index contributed by atoms with van der Waals surface area (Å²) in [5, 5.41) is 8.95. The van der Waals surface area contributed by atoms with Crippen LogP contribution in [0, 0.1) is 11.6 Å². The predicted octanol–water partition coefficient (Wildman–Crippen LogP) is 1.45. The molecule has 19 heavy (non-hydrogen) atoms. The maximum absolute atomic E-state index is 13.3. The van der Waals surface area contributed by atoms with E-state index in [4.69, 9.17) is 0 Å². The van der Waals surface area contributed by atoms with Crippen molar-refractivity contribution in [3.8, 4) is 0 Å². The van der Waals surface area contributed by atoms with E-state index in [1.165, 1.54) is 6.33 Å². The first-order valence-corrected chi connectivity index (χ1v) is 5.74. The Bertz CT molecular complexity index is 557. The normalized spacial score (nSPS) is 10.4. The van der Waals surface area contributed by atoms with E-state index in [-0.39, 0.29) is 5.56 Å². The molecule has 1 amide bonds. The van der Waals surface area contributed by atoms with Crippen molar-refractivity contribution in [2.45, 2.75) is 12.8 Å². The first kappa shape index (κ1) is 13.1. The smallest absolute Gasteiger partial charge is 0.254 e. The molecule has 1 aromatic carbocycles. The summed E-state index contributed by atoms with van der Waals surface area (Å²) in [7, 11) is 0. The molecule has 100 valence electrons. The summed E-state index contributed by atoms with van der Waals surface area (Å²) in [5.41, 5.74) is -0.166. The van der Waals surface area contributed by atoms with E-state index in [0.717, 1.165) is 18.0 Å². The minimum absolute atomic E-state index is 0.166. The van der Waals surface area contributed by atoms with Crippen molar-refractivity contribution in [3.05, 3.63) is 47.5 Å². The van der Waals surface area contributed by atoms with Gasteiger partial charge in [-0.25, -0.2) is 13.8 Å². The number of benzene rings is 1. The maximum atomic E-state index is 13.3. The van der Waals surface area contributed by atoms with Crippen LogP contribution in [0.1, 0.15) is 22.6 Å². The highest BCUT2D eigenvalue weighted by Crippen LogP contribution is 2.09. The van der Waals surface area contributed by atoms with Gasteiger partial charge in [-0.2, -0.15) is 5.10 Å². The molecule has 2 N–H and O–H groups in total. The molecule has 1 heterocycles. The number of nitrogens with zero attached hydrogens (tertiary/aromatic N) is 2. The third-order valence-corrected chi connectivity index (χ3v) is 2.52. The van der Waals surface area contributed by atoms with Gasteiger partial charge < -0.3 is 5.32 Å². The summed E-state index contributed by atoms with van der Waals surface area (Å²) in [4.78, 5) is 15.6. The fraction of sp³-hybridized carbons (Fsp3) is 0.250. The number of nitrogens with one attached hydrogen (secondary N) is 2. The minimum Gasteiger partial charge on any atom is -0.352 e. The lowest BCUT2D eigenvalue weighted by atomic mass is 10.2. The number of rotatable bonds is 5. The summed E-state index contributed by atoms with van der Waals surface area (Å²) >= 11 is 0. The van der Waals surface area contributed by atoms with Crippen molar-refractivity contribution < 1.29 is 13.6 Å². The molecule has 0 spiro atoms. The number of aryl methyl sites for hydroxylation is 1. The van der Waals surface area contributed by atoms with Crippen LogP contribution in [0.5, 0.6) is 0 Å². The van der Waals surface area contributed by atoms with Crippen LogP contribution in [-0.4, -0.2) is 27.6 Å². The highest BCUT2D eigenvalue weighted by molar-refractivity contribution is 5.94. The van der Waals surface area contributed by atoms with Gasteiger partial charge in [-0.3, -0.25) is 9.89 Å². The Morgan fingerprint density at radius 3 is 2.89 bits per heavy atom. The van der Waals surface area contributed by atoms with Gasteiger partial charge in [0.15, 0.2) is 0 Å². The molecule has 0 fully saturated rings. The molecule has 2 rings (SSSR count). The SMILES string of the molecule is O=C(NCCCc1ncn[nH]1)c1ccc(F)cc1F. The van der Waals surface area contributed by atoms with E-state index in [1.807, 2.05) is 0 Å². The summed E-state index contributed by atoms with van der Waals surface area (Å²) in [5.74, 6) is -1.41. The van der Waals surface area contributed by atoms with Crippen LogP contribution < -0.4 is 5.32 Å². The Morgan fingerprint density at radius 2 is 2.21 bits per heavy atom. The average Bonchev–Trinajstić information content (AvgIpc) is 2.87. The Kier molecular flexibility index (Phi) is 4.17. The van der Waals surface area contributed by atoms with Gasteiger partial charge in [0.25, 0.3) is 5.91 Å². The molecule has 0 aliphatic rings. The molecule has 5 nitrogen and oxygen atoms in total. The molecule has 0 bridgehead atoms. The number of carbonyl (C=O) groups is 1. The quantitative estimate of drug-likeness (QED) is 0.804. The van der Waals surface area contributed by atoms with Gasteiger partial charge in [-0.15, -0.1) is 0 Å². The minimum atomic E-state index is -0.868. The molecule has 0 atom stereocenters. The van der Waals surface area contributed by atoms with Crippen molar-refractivity contribution in [1.29, 1.82) is 0 Å². The highest BCUT2D eigenvalue weighted by atomic mass is 19.1. The van der Waals surface area contributed by atoms with Crippen molar-refractivity contribution >= 4 is 5.91 Å². The lowest BCUT2D eigenvalue weighted by Gasteiger charge is -2.05. The number of hydrogen-bond acceptors (Lipinski definition) is 3. The summed E-state index contributed by atoms with van der Waals surface area (Å²) in [6.45, 7) is 0.371. The van der Waals surface area contributed by atoms with E-state index in [2.05, 4.69) is 20.5 Å². The van der Waals surface area contributed by atoms with Crippen LogP contribution in [0.3, 0.4) is 0 Å². The molecule has 0 aliphatic carbocycles. The Balaban J connectivity index is 1.81. The second kappa shape index (κ2) is 6.03. The van der Waals surface area contributed by atoms with E-state index >= 15 is 0 Å². The number of amides is 1. The van der Waals surface area contributed by atoms with Crippen LogP contribution in [0.2, 0.25) is 0 Å². The monoisotopic (exact) mass is 266 g/mol. The third-order valence-electron chi connectivity index (χ3n) is 2.52. The van der Waals surface area contributed by atoms with Crippen LogP contribution in [0.15, 0.2) is 24.5 Å². The number of H-pyrrole nitrogens is 1. The third kappa shape index (κ3) is 3.57. The molecule has 1 aromatic heterocycles. The van der Waals surface area contributed by atoms with Gasteiger partial charge in [-0.05, 0) is 18.6 Å². The second-order valence-electron chi connectivity index (χ2n) is 3.92. The molecule has 0 radical (unpaired) electrons. The Hall–Kier alpha value is -2.31. The maximum Gasteiger partial charge on any atom is 0.254 e. The Labute approximate surface area is 108 Å². The molecule has 0 saturated carbocycles. The highest BCUT2D eigenvalue weighted by Gasteiger charge is 2.11. The molecule has 7 heteroatoms. The number of carbonyl (C=O) groups excluding carboxylic acids is 1. The molecule has 0 saturated heterocycles. The van der Waals surface area contributed by atoms with Crippen LogP contribution in [0.4, 0.5) is 8.78 Å². The number of halogens is 2. The fourth-order valence-electron chi connectivity index (χ4n) is 1.58. The topological polar surface area (TPSA) is 70.7 Å². The van der Waals surface area contributed by atoms with Crippen LogP contribution in [-0.2, 0) is 6.42 Å². The number of hydrogen-bond donors (Lipinski definition) is 2. The number of aromatic nitrogens is 3. The van der Waals surface area contributed by atoms with E-state index in [9.17, 15) is 13.6 Å². The van der Waals surface area contributed by atoms with Gasteiger partial charge in [0.1, 0.15) is 23.8 Å². The average molecular weight is 266 g/mol. The zero-order chi connectivity index (χ0) is 13.7. The van der Waals surface area contributed by atoms with Gasteiger partial charge in [0.2, 0.25) is 0 Å². The molecule has 0 unspecified atom stereocenters. The zero-order valence-corrected chi connectivity index (χ0v) is 9.99. The summed E-state index contributed by atoms with van der Waals surface area (Å²) in [6.07, 6.45) is 2.68. The second-order valence-corrected chi connectivity index (χ2v) is 3.92. The van der Waals surface area contributed by atoms with Crippen molar-refractivity contribution in [1.82, 2.24) is 20.5 Å². The standard InChI is InChI=1S/C12H12F2N4O/c13-8-3-4-9(10(14)6-8)12(19)15-5-1-2-11-16-7-17-18-11/h3-4,6-7H,1-2,5H2,(H,15,19)(H,16,17,18). The summed E-state index contributed by atoms with van der Waals surface area (Å²) < 4.78 is 26.0. The predicted molar refractivity (Wildman–Crippen MR) is 63.4 cm³/mol. The molecule has 2 aromatic rings. The largest absolute Gasteiger partial charge is 0.352 e. The van der Waals surface area contributed by atoms with Crippen molar-refractivity contribution in [3.63, 3.8) is 0 Å². The first-order chi connectivity index (χ1) is 9.16. The van der Waals surface area contributed by atoms with Gasteiger partial charge in [-0.1, -0.05) is 0 Å². The summed E-state index contributed by atoms with van der Waals surface area (Å²) in [6, 6.07) is 2.85. The van der Waals surface area contributed by atoms with E-state index in [0.29, 0.717) is 25.5 Å². The van der Waals surface area contributed by atoms with Gasteiger partial charge in [0, 0.05) is 19.0 Å². The van der Waals surface area contributed by atoms with E-state index in [1.54, 1.807) is 0 Å². The first-order valence-electron chi connectivity index (χ1n) is 5.74. The fourth-order valence-corrected chi connectivity index (χ4v) is 1.58. The van der Waals surface area contributed by atoms with Crippen molar-refractivity contribution in [2.75, 3.05) is 6.54 Å². The lowest BCUT2D eigenvalue weighted by molar-refractivity contribution is 0.0949. The molecule has 0 aliphatic heterocycles. The number of aromatic amines is 1. The van der Waals surface area contributed by atoms with Crippen molar-refractivity contribution in [2.24, 2.45) is 0 Å². The van der Waals surface area contributed by atoms with Crippen LogP contribution >= 0.6 is 0 Å². The van der Waals surface area contributed by atoms with Gasteiger partial charge >= 0.3 is 0 Å². The van der Waals surface area contributed by atoms with Crippen LogP contribution in [0.25, 0.3) is 0 Å². The Morgan fingerprint density at radius 1 is 1.37 bits per heavy atom. The zero-order valence-electron chi connectivity index (χ0n) is 9.99. The molecular weight excluding hydrogens is 254 g/mol. The van der Waals surface area contributed by atoms with E-state index < -0.39 is 17.5 Å².